The van der Waals surface area contributed by atoms with Crippen LogP contribution in [0.2, 0.25) is 5.15 Å². The van der Waals surface area contributed by atoms with Crippen LogP contribution >= 0.6 is 11.6 Å². The van der Waals surface area contributed by atoms with Crippen molar-refractivity contribution in [1.82, 2.24) is 15.2 Å². The van der Waals surface area contributed by atoms with Gasteiger partial charge in [0.1, 0.15) is 11.0 Å². The number of pyridine rings is 1. The predicted molar refractivity (Wildman–Crippen MR) is 76.8 cm³/mol. The second-order valence-electron chi connectivity index (χ2n) is 4.78. The molecule has 1 fully saturated rings. The molecular formula is C13H19ClN4O. The molecule has 5 nitrogen and oxygen atoms in total. The summed E-state index contributed by atoms with van der Waals surface area (Å²) in [5.74, 6) is 0.470. The van der Waals surface area contributed by atoms with Crippen molar-refractivity contribution in [2.24, 2.45) is 0 Å². The van der Waals surface area contributed by atoms with E-state index in [2.05, 4.69) is 27.6 Å². The second-order valence-corrected chi connectivity index (χ2v) is 5.17. The maximum Gasteiger partial charge on any atom is 0.251 e. The van der Waals surface area contributed by atoms with Gasteiger partial charge < -0.3 is 15.5 Å². The van der Waals surface area contributed by atoms with Crippen LogP contribution in [-0.2, 0) is 0 Å². The van der Waals surface area contributed by atoms with E-state index in [0.29, 0.717) is 29.1 Å². The number of halogens is 1. The fourth-order valence-electron chi connectivity index (χ4n) is 1.90. The van der Waals surface area contributed by atoms with Crippen LogP contribution < -0.4 is 10.6 Å². The normalized spacial score (nSPS) is 14.5. The lowest BCUT2D eigenvalue weighted by atomic mass is 10.2. The van der Waals surface area contributed by atoms with Gasteiger partial charge >= 0.3 is 0 Å². The third-order valence-electron chi connectivity index (χ3n) is 3.23. The summed E-state index contributed by atoms with van der Waals surface area (Å²) in [6.07, 6.45) is 2.55. The van der Waals surface area contributed by atoms with E-state index in [-0.39, 0.29) is 5.91 Å². The van der Waals surface area contributed by atoms with E-state index in [9.17, 15) is 4.79 Å². The zero-order valence-electron chi connectivity index (χ0n) is 11.2. The van der Waals surface area contributed by atoms with Gasteiger partial charge in [0.2, 0.25) is 0 Å². The molecular weight excluding hydrogens is 264 g/mol. The van der Waals surface area contributed by atoms with Crippen molar-refractivity contribution < 1.29 is 4.79 Å². The minimum atomic E-state index is -0.120. The number of aromatic nitrogens is 1. The molecule has 2 N–H and O–H groups in total. The van der Waals surface area contributed by atoms with Gasteiger partial charge in [-0.15, -0.1) is 0 Å². The third kappa shape index (κ3) is 4.08. The van der Waals surface area contributed by atoms with Crippen LogP contribution in [0.1, 0.15) is 23.2 Å². The van der Waals surface area contributed by atoms with Crippen LogP contribution in [0.25, 0.3) is 0 Å². The minimum absolute atomic E-state index is 0.120. The lowest BCUT2D eigenvalue weighted by Crippen LogP contribution is -2.34. The van der Waals surface area contributed by atoms with Crippen molar-refractivity contribution in [3.05, 3.63) is 22.8 Å². The highest BCUT2D eigenvalue weighted by Gasteiger charge is 2.25. The number of likely N-dealkylation sites (N-methyl/N-ethyl adjacent to an activating group) is 1. The summed E-state index contributed by atoms with van der Waals surface area (Å²) in [5.41, 5.74) is 0.526. The number of anilines is 1. The van der Waals surface area contributed by atoms with Crippen LogP contribution in [0.15, 0.2) is 12.1 Å². The lowest BCUT2D eigenvalue weighted by Gasteiger charge is -2.15. The first-order chi connectivity index (χ1) is 9.10. The van der Waals surface area contributed by atoms with Gasteiger partial charge in [-0.2, -0.15) is 0 Å². The highest BCUT2D eigenvalue weighted by molar-refractivity contribution is 6.29. The molecule has 1 aromatic heterocycles. The summed E-state index contributed by atoms with van der Waals surface area (Å²) >= 11 is 5.87. The van der Waals surface area contributed by atoms with Gasteiger partial charge in [0.15, 0.2) is 0 Å². The summed E-state index contributed by atoms with van der Waals surface area (Å²) in [6.45, 7) is 1.51. The summed E-state index contributed by atoms with van der Waals surface area (Å²) in [5, 5.41) is 6.09. The monoisotopic (exact) mass is 282 g/mol. The smallest absolute Gasteiger partial charge is 0.251 e. The van der Waals surface area contributed by atoms with E-state index in [4.69, 9.17) is 11.6 Å². The summed E-state index contributed by atoms with van der Waals surface area (Å²) < 4.78 is 0. The van der Waals surface area contributed by atoms with E-state index < -0.39 is 0 Å². The van der Waals surface area contributed by atoms with Gasteiger partial charge in [0.25, 0.3) is 5.91 Å². The van der Waals surface area contributed by atoms with E-state index in [1.807, 2.05) is 0 Å². The molecule has 1 aliphatic rings. The summed E-state index contributed by atoms with van der Waals surface area (Å²) in [4.78, 5) is 18.3. The quantitative estimate of drug-likeness (QED) is 0.778. The highest BCUT2D eigenvalue weighted by atomic mass is 35.5. The fourth-order valence-corrected chi connectivity index (χ4v) is 2.11. The molecule has 19 heavy (non-hydrogen) atoms. The molecule has 1 aromatic rings. The van der Waals surface area contributed by atoms with Crippen molar-refractivity contribution in [3.8, 4) is 0 Å². The first kappa shape index (κ1) is 14.1. The van der Waals surface area contributed by atoms with Crippen LogP contribution in [-0.4, -0.2) is 49.0 Å². The molecule has 1 amide bonds. The van der Waals surface area contributed by atoms with E-state index in [0.717, 1.165) is 6.54 Å². The zero-order chi connectivity index (χ0) is 13.8. The Labute approximate surface area is 118 Å². The number of hydrogen-bond acceptors (Lipinski definition) is 4. The van der Waals surface area contributed by atoms with Crippen molar-refractivity contribution in [3.63, 3.8) is 0 Å². The Bertz CT molecular complexity index is 462. The Kier molecular flexibility index (Phi) is 4.61. The molecule has 6 heteroatoms. The van der Waals surface area contributed by atoms with Crippen molar-refractivity contribution in [2.75, 3.05) is 32.5 Å². The molecule has 2 rings (SSSR count). The number of carbonyl (C=O) groups is 1. The maximum atomic E-state index is 12.0. The lowest BCUT2D eigenvalue weighted by molar-refractivity contribution is 0.0949. The number of hydrogen-bond donors (Lipinski definition) is 2. The molecule has 0 bridgehead atoms. The molecule has 1 aliphatic carbocycles. The first-order valence-electron chi connectivity index (χ1n) is 6.44. The van der Waals surface area contributed by atoms with Crippen LogP contribution in [0.3, 0.4) is 0 Å². The van der Waals surface area contributed by atoms with E-state index >= 15 is 0 Å². The molecule has 0 saturated heterocycles. The Balaban J connectivity index is 1.86. The van der Waals surface area contributed by atoms with Gasteiger partial charge in [0.05, 0.1) is 0 Å². The van der Waals surface area contributed by atoms with Crippen molar-refractivity contribution >= 4 is 23.3 Å². The maximum absolute atomic E-state index is 12.0. The summed E-state index contributed by atoms with van der Waals surface area (Å²) in [7, 11) is 3.83. The average molecular weight is 283 g/mol. The molecule has 104 valence electrons. The molecule has 0 atom stereocenters. The largest absolute Gasteiger partial charge is 0.373 e. The molecule has 0 spiro atoms. The molecule has 1 saturated carbocycles. The Morgan fingerprint density at radius 1 is 1.53 bits per heavy atom. The van der Waals surface area contributed by atoms with Gasteiger partial charge in [-0.3, -0.25) is 4.79 Å². The third-order valence-corrected chi connectivity index (χ3v) is 3.43. The Morgan fingerprint density at radius 3 is 2.89 bits per heavy atom. The topological polar surface area (TPSA) is 57.3 Å². The Hall–Kier alpha value is -1.33. The number of amides is 1. The minimum Gasteiger partial charge on any atom is -0.373 e. The van der Waals surface area contributed by atoms with Crippen molar-refractivity contribution in [1.29, 1.82) is 0 Å². The second kappa shape index (κ2) is 6.21. The van der Waals surface area contributed by atoms with Crippen molar-refractivity contribution in [2.45, 2.75) is 18.9 Å². The Morgan fingerprint density at radius 2 is 2.26 bits per heavy atom. The average Bonchev–Trinajstić information content (AvgIpc) is 3.21. The number of rotatable bonds is 6. The molecule has 0 radical (unpaired) electrons. The number of carbonyl (C=O) groups excluding carboxylic acids is 1. The van der Waals surface area contributed by atoms with Crippen LogP contribution in [0.4, 0.5) is 5.82 Å². The van der Waals surface area contributed by atoms with Gasteiger partial charge in [-0.05, 0) is 32.0 Å². The summed E-state index contributed by atoms with van der Waals surface area (Å²) in [6, 6.07) is 3.97. The van der Waals surface area contributed by atoms with Gasteiger partial charge in [0, 0.05) is 31.7 Å². The first-order valence-corrected chi connectivity index (χ1v) is 6.81. The van der Waals surface area contributed by atoms with E-state index in [1.165, 1.54) is 12.8 Å². The molecule has 0 aromatic carbocycles. The molecule has 0 unspecified atom stereocenters. The van der Waals surface area contributed by atoms with Crippen LogP contribution in [0.5, 0.6) is 0 Å². The number of nitrogens with zero attached hydrogens (tertiary/aromatic N) is 2. The SMILES string of the molecule is CNc1cc(C(=O)NCCN(C)C2CC2)cc(Cl)n1. The standard InChI is InChI=1S/C13H19ClN4O/c1-15-12-8-9(7-11(14)17-12)13(19)16-5-6-18(2)10-3-4-10/h7-8,10H,3-6H2,1-2H3,(H,15,17)(H,16,19). The number of nitrogens with one attached hydrogen (secondary N) is 2. The van der Waals surface area contributed by atoms with E-state index in [1.54, 1.807) is 19.2 Å². The fraction of sp³-hybridized carbons (Fsp3) is 0.538. The molecule has 0 aliphatic heterocycles. The van der Waals surface area contributed by atoms with Gasteiger partial charge in [-0.1, -0.05) is 11.6 Å². The van der Waals surface area contributed by atoms with Gasteiger partial charge in [-0.25, -0.2) is 4.98 Å². The highest BCUT2D eigenvalue weighted by Crippen LogP contribution is 2.24. The van der Waals surface area contributed by atoms with Crippen LogP contribution in [0, 0.1) is 0 Å². The predicted octanol–water partition coefficient (Wildman–Crippen LogP) is 1.60. The zero-order valence-corrected chi connectivity index (χ0v) is 12.0. The molecule has 1 heterocycles.